The van der Waals surface area contributed by atoms with Crippen molar-refractivity contribution in [2.45, 2.75) is 39.7 Å². The molecule has 1 amide bonds. The van der Waals surface area contributed by atoms with Crippen molar-refractivity contribution in [2.75, 3.05) is 0 Å². The van der Waals surface area contributed by atoms with Crippen LogP contribution >= 0.6 is 0 Å². The molecular formula is C18H22N2O. The lowest BCUT2D eigenvalue weighted by Crippen LogP contribution is -2.23. The lowest BCUT2D eigenvalue weighted by Gasteiger charge is -2.19. The van der Waals surface area contributed by atoms with Gasteiger partial charge in [0.25, 0.3) is 5.91 Å². The van der Waals surface area contributed by atoms with Gasteiger partial charge in [-0.2, -0.15) is 0 Å². The van der Waals surface area contributed by atoms with Crippen LogP contribution in [0.4, 0.5) is 0 Å². The molecule has 0 spiro atoms. The summed E-state index contributed by atoms with van der Waals surface area (Å²) >= 11 is 0. The second-order valence-electron chi connectivity index (χ2n) is 6.32. The predicted molar refractivity (Wildman–Crippen MR) is 85.3 cm³/mol. The highest BCUT2D eigenvalue weighted by molar-refractivity contribution is 5.93. The van der Waals surface area contributed by atoms with E-state index in [0.29, 0.717) is 12.1 Å². The molecule has 2 aromatic rings. The van der Waals surface area contributed by atoms with Gasteiger partial charge in [0.1, 0.15) is 0 Å². The van der Waals surface area contributed by atoms with Crippen molar-refractivity contribution < 1.29 is 4.79 Å². The second-order valence-corrected chi connectivity index (χ2v) is 6.32. The maximum atomic E-state index is 12.0. The Bertz CT molecular complexity index is 607. The summed E-state index contributed by atoms with van der Waals surface area (Å²) in [6, 6.07) is 12.0. The molecule has 0 saturated carbocycles. The molecule has 3 nitrogen and oxygen atoms in total. The first kappa shape index (κ1) is 15.2. The van der Waals surface area contributed by atoms with Crippen LogP contribution in [0, 0.1) is 6.92 Å². The van der Waals surface area contributed by atoms with Gasteiger partial charge in [-0.3, -0.25) is 9.78 Å². The molecule has 1 aromatic carbocycles. The van der Waals surface area contributed by atoms with Crippen molar-refractivity contribution in [1.29, 1.82) is 0 Å². The van der Waals surface area contributed by atoms with Gasteiger partial charge in [-0.05, 0) is 35.6 Å². The molecule has 21 heavy (non-hydrogen) atoms. The van der Waals surface area contributed by atoms with E-state index in [-0.39, 0.29) is 11.3 Å². The maximum absolute atomic E-state index is 12.0. The molecule has 0 aliphatic heterocycles. The van der Waals surface area contributed by atoms with E-state index in [1.165, 1.54) is 5.56 Å². The van der Waals surface area contributed by atoms with Gasteiger partial charge in [0.15, 0.2) is 0 Å². The van der Waals surface area contributed by atoms with Crippen molar-refractivity contribution in [2.24, 2.45) is 0 Å². The number of carbonyl (C=O) groups is 1. The first-order valence-corrected chi connectivity index (χ1v) is 7.16. The zero-order chi connectivity index (χ0) is 15.5. The molecule has 3 heteroatoms. The van der Waals surface area contributed by atoms with Gasteiger partial charge in [-0.15, -0.1) is 0 Å². The second kappa shape index (κ2) is 6.08. The van der Waals surface area contributed by atoms with Crippen LogP contribution in [0.5, 0.6) is 0 Å². The number of carbonyl (C=O) groups excluding carboxylic acids is 1. The summed E-state index contributed by atoms with van der Waals surface area (Å²) in [5.74, 6) is -0.0950. The third kappa shape index (κ3) is 4.15. The Hall–Kier alpha value is -2.16. The summed E-state index contributed by atoms with van der Waals surface area (Å²) in [4.78, 5) is 16.1. The van der Waals surface area contributed by atoms with Gasteiger partial charge in [0, 0.05) is 18.4 Å². The highest BCUT2D eigenvalue weighted by Gasteiger charge is 2.13. The fraction of sp³-hybridized carbons (Fsp3) is 0.333. The summed E-state index contributed by atoms with van der Waals surface area (Å²) in [5, 5.41) is 2.91. The van der Waals surface area contributed by atoms with Crippen molar-refractivity contribution in [3.63, 3.8) is 0 Å². The van der Waals surface area contributed by atoms with Crippen LogP contribution < -0.4 is 5.32 Å². The third-order valence-electron chi connectivity index (χ3n) is 3.45. The Morgan fingerprint density at radius 3 is 2.29 bits per heavy atom. The third-order valence-corrected chi connectivity index (χ3v) is 3.45. The van der Waals surface area contributed by atoms with Crippen molar-refractivity contribution >= 4 is 5.91 Å². The summed E-state index contributed by atoms with van der Waals surface area (Å²) in [6.07, 6.45) is 1.60. The molecule has 0 saturated heterocycles. The van der Waals surface area contributed by atoms with Crippen LogP contribution in [0.1, 0.15) is 48.0 Å². The molecule has 0 bridgehead atoms. The average Bonchev–Trinajstić information content (AvgIpc) is 2.45. The van der Waals surface area contributed by atoms with E-state index < -0.39 is 0 Å². The van der Waals surface area contributed by atoms with Crippen LogP contribution in [-0.4, -0.2) is 10.9 Å². The Kier molecular flexibility index (Phi) is 4.41. The monoisotopic (exact) mass is 282 g/mol. The smallest absolute Gasteiger partial charge is 0.253 e. The van der Waals surface area contributed by atoms with Crippen molar-refractivity contribution in [3.05, 3.63) is 65.0 Å². The first-order valence-electron chi connectivity index (χ1n) is 7.16. The van der Waals surface area contributed by atoms with Gasteiger partial charge in [0.05, 0.1) is 5.56 Å². The summed E-state index contributed by atoms with van der Waals surface area (Å²) in [7, 11) is 0. The van der Waals surface area contributed by atoms with Crippen LogP contribution in [-0.2, 0) is 12.0 Å². The molecule has 2 rings (SSSR count). The first-order chi connectivity index (χ1) is 9.86. The summed E-state index contributed by atoms with van der Waals surface area (Å²) in [5.41, 5.74) is 4.03. The number of hydrogen-bond acceptors (Lipinski definition) is 2. The average molecular weight is 282 g/mol. The fourth-order valence-corrected chi connectivity index (χ4v) is 2.01. The van der Waals surface area contributed by atoms with Gasteiger partial charge < -0.3 is 5.32 Å². The molecular weight excluding hydrogens is 260 g/mol. The molecule has 0 aliphatic carbocycles. The number of amides is 1. The predicted octanol–water partition coefficient (Wildman–Crippen LogP) is 3.62. The van der Waals surface area contributed by atoms with E-state index in [2.05, 4.69) is 55.3 Å². The van der Waals surface area contributed by atoms with Crippen molar-refractivity contribution in [3.8, 4) is 0 Å². The Morgan fingerprint density at radius 1 is 1.10 bits per heavy atom. The van der Waals surface area contributed by atoms with Gasteiger partial charge in [-0.1, -0.05) is 45.0 Å². The number of rotatable bonds is 3. The number of nitrogens with zero attached hydrogens (tertiary/aromatic N) is 1. The van der Waals surface area contributed by atoms with E-state index in [4.69, 9.17) is 0 Å². The number of aromatic nitrogens is 1. The summed E-state index contributed by atoms with van der Waals surface area (Å²) in [6.45, 7) is 8.99. The largest absolute Gasteiger partial charge is 0.348 e. The molecule has 1 aromatic heterocycles. The topological polar surface area (TPSA) is 42.0 Å². The number of pyridine rings is 1. The van der Waals surface area contributed by atoms with Crippen molar-refractivity contribution in [1.82, 2.24) is 10.3 Å². The van der Waals surface area contributed by atoms with Crippen LogP contribution in [0.2, 0.25) is 0 Å². The molecule has 1 heterocycles. The van der Waals surface area contributed by atoms with Crippen LogP contribution in [0.3, 0.4) is 0 Å². The standard InChI is InChI=1S/C18H22N2O/c1-13-5-8-15(12-19-13)17(21)20-11-14-6-9-16(10-7-14)18(2,3)4/h5-10,12H,11H2,1-4H3,(H,20,21). The van der Waals surface area contributed by atoms with Gasteiger partial charge >= 0.3 is 0 Å². The highest BCUT2D eigenvalue weighted by atomic mass is 16.1. The quantitative estimate of drug-likeness (QED) is 0.934. The molecule has 0 aliphatic rings. The number of nitrogens with one attached hydrogen (secondary N) is 1. The number of aryl methyl sites for hydroxylation is 1. The minimum atomic E-state index is -0.0950. The fourth-order valence-electron chi connectivity index (χ4n) is 2.01. The minimum absolute atomic E-state index is 0.0950. The number of benzene rings is 1. The Balaban J connectivity index is 1.97. The molecule has 0 unspecified atom stereocenters. The lowest BCUT2D eigenvalue weighted by atomic mass is 9.87. The molecule has 0 radical (unpaired) electrons. The van der Waals surface area contributed by atoms with Crippen LogP contribution in [0.15, 0.2) is 42.6 Å². The van der Waals surface area contributed by atoms with E-state index in [9.17, 15) is 4.79 Å². The Labute approximate surface area is 126 Å². The highest BCUT2D eigenvalue weighted by Crippen LogP contribution is 2.22. The van der Waals surface area contributed by atoms with E-state index in [0.717, 1.165) is 11.3 Å². The number of hydrogen-bond donors (Lipinski definition) is 1. The zero-order valence-electron chi connectivity index (χ0n) is 13.1. The van der Waals surface area contributed by atoms with Gasteiger partial charge in [-0.25, -0.2) is 0 Å². The maximum Gasteiger partial charge on any atom is 0.253 e. The molecule has 0 fully saturated rings. The molecule has 0 atom stereocenters. The van der Waals surface area contributed by atoms with Gasteiger partial charge in [0.2, 0.25) is 0 Å². The van der Waals surface area contributed by atoms with E-state index in [1.807, 2.05) is 13.0 Å². The molecule has 110 valence electrons. The molecule has 1 N–H and O–H groups in total. The van der Waals surface area contributed by atoms with Crippen LogP contribution in [0.25, 0.3) is 0 Å². The minimum Gasteiger partial charge on any atom is -0.348 e. The normalized spacial score (nSPS) is 11.2. The van der Waals surface area contributed by atoms with E-state index >= 15 is 0 Å². The zero-order valence-corrected chi connectivity index (χ0v) is 13.1. The lowest BCUT2D eigenvalue weighted by molar-refractivity contribution is 0.0950. The summed E-state index contributed by atoms with van der Waals surface area (Å²) < 4.78 is 0. The van der Waals surface area contributed by atoms with E-state index in [1.54, 1.807) is 12.3 Å². The SMILES string of the molecule is Cc1ccc(C(=O)NCc2ccc(C(C)(C)C)cc2)cn1. The Morgan fingerprint density at radius 2 is 1.76 bits per heavy atom.